The third-order valence-corrected chi connectivity index (χ3v) is 3.44. The first-order valence-corrected chi connectivity index (χ1v) is 6.81. The van der Waals surface area contributed by atoms with Crippen molar-refractivity contribution in [2.45, 2.75) is 32.7 Å². The van der Waals surface area contributed by atoms with E-state index in [0.717, 1.165) is 18.0 Å². The molecule has 0 aliphatic heterocycles. The quantitative estimate of drug-likeness (QED) is 0.582. The second-order valence-corrected chi connectivity index (χ2v) is 4.96. The maximum atomic E-state index is 11.5. The predicted octanol–water partition coefficient (Wildman–Crippen LogP) is 0.541. The van der Waals surface area contributed by atoms with Gasteiger partial charge in [0.15, 0.2) is 5.82 Å². The van der Waals surface area contributed by atoms with E-state index >= 15 is 0 Å². The maximum absolute atomic E-state index is 11.5. The lowest BCUT2D eigenvalue weighted by Crippen LogP contribution is -2.33. The van der Waals surface area contributed by atoms with Gasteiger partial charge < -0.3 is 22.1 Å². The van der Waals surface area contributed by atoms with Crippen LogP contribution in [-0.4, -0.2) is 28.8 Å². The zero-order valence-electron chi connectivity index (χ0n) is 11.0. The minimum atomic E-state index is -0.627. The molecule has 0 aliphatic rings. The summed E-state index contributed by atoms with van der Waals surface area (Å²) >= 11 is 1.06. The number of anilines is 2. The third-order valence-electron chi connectivity index (χ3n) is 2.62. The van der Waals surface area contributed by atoms with Crippen LogP contribution in [0.4, 0.5) is 10.8 Å². The highest BCUT2D eigenvalue weighted by Crippen LogP contribution is 2.25. The summed E-state index contributed by atoms with van der Waals surface area (Å²) in [6, 6.07) is 0.160. The summed E-state index contributed by atoms with van der Waals surface area (Å²) in [5, 5.41) is 6.30. The first-order valence-electron chi connectivity index (χ1n) is 6.03. The summed E-state index contributed by atoms with van der Waals surface area (Å²) in [6.45, 7) is 4.34. The molecule has 0 spiro atoms. The van der Waals surface area contributed by atoms with Crippen molar-refractivity contribution in [1.82, 2.24) is 9.69 Å². The van der Waals surface area contributed by atoms with Gasteiger partial charge in [0.05, 0.1) is 0 Å². The summed E-state index contributed by atoms with van der Waals surface area (Å²) in [7, 11) is 0. The van der Waals surface area contributed by atoms with Gasteiger partial charge >= 0.3 is 0 Å². The first kappa shape index (κ1) is 15.2. The molecule has 19 heavy (non-hydrogen) atoms. The Morgan fingerprint density at radius 2 is 2.16 bits per heavy atom. The fourth-order valence-corrected chi connectivity index (χ4v) is 2.14. The number of nitrogens with one attached hydrogen (secondary N) is 2. The number of amides is 2. The van der Waals surface area contributed by atoms with E-state index in [1.54, 1.807) is 0 Å². The van der Waals surface area contributed by atoms with E-state index in [4.69, 9.17) is 11.5 Å². The van der Waals surface area contributed by atoms with Crippen molar-refractivity contribution in [3.05, 3.63) is 5.56 Å². The molecule has 7 nitrogen and oxygen atoms in total. The second kappa shape index (κ2) is 6.93. The molecular weight excluding hydrogens is 266 g/mol. The minimum absolute atomic E-state index is 0.0417. The van der Waals surface area contributed by atoms with E-state index in [9.17, 15) is 9.59 Å². The van der Waals surface area contributed by atoms with Crippen LogP contribution >= 0.6 is 11.5 Å². The molecule has 106 valence electrons. The summed E-state index contributed by atoms with van der Waals surface area (Å²) in [4.78, 5) is 22.7. The Balaban J connectivity index is 2.46. The maximum Gasteiger partial charge on any atom is 0.255 e. The number of primary amides is 1. The molecular formula is C11H19N5O2S. The smallest absolute Gasteiger partial charge is 0.255 e. The number of carbonyl (C=O) groups is 2. The predicted molar refractivity (Wildman–Crippen MR) is 76.0 cm³/mol. The number of nitrogens with zero attached hydrogens (tertiary/aromatic N) is 1. The lowest BCUT2D eigenvalue weighted by atomic mass is 10.2. The van der Waals surface area contributed by atoms with E-state index in [-0.39, 0.29) is 23.3 Å². The summed E-state index contributed by atoms with van der Waals surface area (Å²) in [5.74, 6) is -0.554. The topological polar surface area (TPSA) is 123 Å². The van der Waals surface area contributed by atoms with Gasteiger partial charge in [0.1, 0.15) is 10.6 Å². The van der Waals surface area contributed by atoms with Crippen molar-refractivity contribution in [1.29, 1.82) is 0 Å². The number of hydrogen-bond acceptors (Lipinski definition) is 6. The summed E-state index contributed by atoms with van der Waals surface area (Å²) < 4.78 is 3.85. The van der Waals surface area contributed by atoms with Crippen LogP contribution in [0.15, 0.2) is 0 Å². The molecule has 8 heteroatoms. The van der Waals surface area contributed by atoms with Gasteiger partial charge in [-0.25, -0.2) is 0 Å². The van der Waals surface area contributed by atoms with Crippen LogP contribution in [0.25, 0.3) is 0 Å². The Morgan fingerprint density at radius 1 is 1.47 bits per heavy atom. The number of hydrogen-bond donors (Lipinski definition) is 4. The molecule has 1 heterocycles. The van der Waals surface area contributed by atoms with Crippen molar-refractivity contribution >= 4 is 34.2 Å². The Labute approximate surface area is 115 Å². The van der Waals surface area contributed by atoms with Gasteiger partial charge in [-0.3, -0.25) is 9.59 Å². The van der Waals surface area contributed by atoms with Crippen LogP contribution in [0.2, 0.25) is 0 Å². The van der Waals surface area contributed by atoms with E-state index < -0.39 is 5.91 Å². The molecule has 1 aromatic heterocycles. The lowest BCUT2D eigenvalue weighted by molar-refractivity contribution is -0.121. The van der Waals surface area contributed by atoms with Crippen LogP contribution < -0.4 is 22.1 Å². The fraction of sp³-hybridized carbons (Fsp3) is 0.545. The molecule has 0 aliphatic carbocycles. The highest BCUT2D eigenvalue weighted by atomic mass is 32.1. The molecule has 1 aromatic rings. The SMILES string of the molecule is CCC(C)NC(=O)CCNc1snc(N)c1C(N)=O. The monoisotopic (exact) mass is 285 g/mol. The molecule has 0 saturated heterocycles. The van der Waals surface area contributed by atoms with Gasteiger partial charge in [-0.15, -0.1) is 0 Å². The Bertz CT molecular complexity index is 460. The molecule has 0 radical (unpaired) electrons. The van der Waals surface area contributed by atoms with E-state index in [1.165, 1.54) is 0 Å². The van der Waals surface area contributed by atoms with Crippen molar-refractivity contribution in [2.24, 2.45) is 5.73 Å². The fourth-order valence-electron chi connectivity index (χ4n) is 1.40. The van der Waals surface area contributed by atoms with Gasteiger partial charge in [-0.05, 0) is 24.9 Å². The molecule has 0 saturated carbocycles. The van der Waals surface area contributed by atoms with Gasteiger partial charge in [-0.2, -0.15) is 4.37 Å². The molecule has 6 N–H and O–H groups in total. The van der Waals surface area contributed by atoms with E-state index in [2.05, 4.69) is 15.0 Å². The van der Waals surface area contributed by atoms with E-state index in [1.807, 2.05) is 13.8 Å². The Hall–Kier alpha value is -1.83. The standard InChI is InChI=1S/C11H19N5O2S/c1-3-6(2)15-7(17)4-5-14-11-8(10(13)18)9(12)16-19-11/h6,14H,3-5H2,1-2H3,(H2,12,16)(H2,13,18)(H,15,17). The number of aromatic nitrogens is 1. The highest BCUT2D eigenvalue weighted by Gasteiger charge is 2.16. The molecule has 0 aromatic carbocycles. The molecule has 1 rings (SSSR count). The Kier molecular flexibility index (Phi) is 5.56. The van der Waals surface area contributed by atoms with Gasteiger partial charge in [-0.1, -0.05) is 6.92 Å². The largest absolute Gasteiger partial charge is 0.382 e. The van der Waals surface area contributed by atoms with Gasteiger partial charge in [0.2, 0.25) is 5.91 Å². The molecule has 2 amide bonds. The number of carbonyl (C=O) groups excluding carboxylic acids is 2. The average Bonchev–Trinajstić information content (AvgIpc) is 2.70. The molecule has 0 bridgehead atoms. The number of rotatable bonds is 7. The molecule has 1 atom stereocenters. The van der Waals surface area contributed by atoms with E-state index in [0.29, 0.717) is 18.0 Å². The van der Waals surface area contributed by atoms with Crippen molar-refractivity contribution in [3.63, 3.8) is 0 Å². The van der Waals surface area contributed by atoms with Crippen molar-refractivity contribution in [2.75, 3.05) is 17.6 Å². The van der Waals surface area contributed by atoms with Gasteiger partial charge in [0, 0.05) is 19.0 Å². The second-order valence-electron chi connectivity index (χ2n) is 4.19. The zero-order valence-corrected chi connectivity index (χ0v) is 11.8. The average molecular weight is 285 g/mol. The van der Waals surface area contributed by atoms with Crippen molar-refractivity contribution < 1.29 is 9.59 Å². The molecule has 1 unspecified atom stereocenters. The molecule has 0 fully saturated rings. The summed E-state index contributed by atoms with van der Waals surface area (Å²) in [5.41, 5.74) is 10.9. The first-order chi connectivity index (χ1) is 8.95. The van der Waals surface area contributed by atoms with Crippen LogP contribution in [0.3, 0.4) is 0 Å². The normalized spacial score (nSPS) is 11.9. The number of nitrogens with two attached hydrogens (primary N) is 2. The number of nitrogen functional groups attached to an aromatic ring is 1. The van der Waals surface area contributed by atoms with Gasteiger partial charge in [0.25, 0.3) is 5.91 Å². The van der Waals surface area contributed by atoms with Crippen LogP contribution in [0.5, 0.6) is 0 Å². The zero-order chi connectivity index (χ0) is 14.4. The highest BCUT2D eigenvalue weighted by molar-refractivity contribution is 7.11. The van der Waals surface area contributed by atoms with Crippen LogP contribution in [0, 0.1) is 0 Å². The van der Waals surface area contributed by atoms with Crippen LogP contribution in [0.1, 0.15) is 37.0 Å². The summed E-state index contributed by atoms with van der Waals surface area (Å²) in [6.07, 6.45) is 1.19. The minimum Gasteiger partial charge on any atom is -0.382 e. The van der Waals surface area contributed by atoms with Crippen molar-refractivity contribution in [3.8, 4) is 0 Å². The Morgan fingerprint density at radius 3 is 2.74 bits per heavy atom. The van der Waals surface area contributed by atoms with Crippen LogP contribution in [-0.2, 0) is 4.79 Å². The lowest BCUT2D eigenvalue weighted by Gasteiger charge is -2.11. The third kappa shape index (κ3) is 4.40.